The zero-order valence-corrected chi connectivity index (χ0v) is 12.4. The number of anilines is 2. The Bertz CT molecular complexity index is 1050. The number of terminal acetylenes is 1. The van der Waals surface area contributed by atoms with Crippen molar-refractivity contribution in [2.75, 3.05) is 5.32 Å². The normalized spacial score (nSPS) is 9.92. The Morgan fingerprint density at radius 2 is 2.08 bits per heavy atom. The number of nitrogens with zero attached hydrogens (tertiary/aromatic N) is 3. The standard InChI is InChI=1S/C18H10N4O2/c1-2-12-4-3-5-14(8-12)21-18-13(10-19)11-20-17-7-6-15(22(23)24)9-16(17)18/h1,3-9,11H,(H,20,21). The summed E-state index contributed by atoms with van der Waals surface area (Å²) in [7, 11) is 0. The molecule has 3 aromatic rings. The van der Waals surface area contributed by atoms with Crippen LogP contribution in [0.25, 0.3) is 10.9 Å². The first kappa shape index (κ1) is 15.0. The van der Waals surface area contributed by atoms with Gasteiger partial charge < -0.3 is 5.32 Å². The average Bonchev–Trinajstić information content (AvgIpc) is 2.61. The number of benzene rings is 2. The molecule has 0 spiro atoms. The Morgan fingerprint density at radius 3 is 2.79 bits per heavy atom. The minimum atomic E-state index is -0.485. The molecule has 0 amide bonds. The van der Waals surface area contributed by atoms with Gasteiger partial charge in [-0.3, -0.25) is 15.1 Å². The molecule has 24 heavy (non-hydrogen) atoms. The molecule has 0 aliphatic heterocycles. The summed E-state index contributed by atoms with van der Waals surface area (Å²) in [5, 5.41) is 24.0. The van der Waals surface area contributed by atoms with E-state index in [4.69, 9.17) is 6.42 Å². The minimum Gasteiger partial charge on any atom is -0.354 e. The van der Waals surface area contributed by atoms with Crippen LogP contribution in [0.3, 0.4) is 0 Å². The highest BCUT2D eigenvalue weighted by Crippen LogP contribution is 2.31. The van der Waals surface area contributed by atoms with Crippen molar-refractivity contribution in [3.05, 3.63) is 69.9 Å². The molecule has 1 heterocycles. The molecule has 6 heteroatoms. The van der Waals surface area contributed by atoms with Gasteiger partial charge in [0.05, 0.1) is 21.7 Å². The van der Waals surface area contributed by atoms with Gasteiger partial charge in [0, 0.05) is 35.0 Å². The lowest BCUT2D eigenvalue weighted by Crippen LogP contribution is -1.98. The highest BCUT2D eigenvalue weighted by Gasteiger charge is 2.13. The molecule has 0 unspecified atom stereocenters. The Kier molecular flexibility index (Phi) is 3.80. The third-order valence-corrected chi connectivity index (χ3v) is 3.48. The van der Waals surface area contributed by atoms with E-state index in [0.29, 0.717) is 27.8 Å². The maximum absolute atomic E-state index is 11.0. The van der Waals surface area contributed by atoms with Crippen LogP contribution in [-0.2, 0) is 0 Å². The van der Waals surface area contributed by atoms with E-state index >= 15 is 0 Å². The van der Waals surface area contributed by atoms with Gasteiger partial charge in [0.2, 0.25) is 0 Å². The number of non-ortho nitro benzene ring substituents is 1. The van der Waals surface area contributed by atoms with Gasteiger partial charge in [0.1, 0.15) is 6.07 Å². The number of nitrogens with one attached hydrogen (secondary N) is 1. The van der Waals surface area contributed by atoms with E-state index in [2.05, 4.69) is 22.3 Å². The van der Waals surface area contributed by atoms with E-state index < -0.39 is 4.92 Å². The molecule has 0 bridgehead atoms. The Balaban J connectivity index is 2.20. The van der Waals surface area contributed by atoms with Gasteiger partial charge >= 0.3 is 0 Å². The molecule has 114 valence electrons. The van der Waals surface area contributed by atoms with E-state index in [1.165, 1.54) is 18.3 Å². The fourth-order valence-corrected chi connectivity index (χ4v) is 2.34. The summed E-state index contributed by atoms with van der Waals surface area (Å²) in [4.78, 5) is 14.7. The first-order chi connectivity index (χ1) is 11.6. The Labute approximate surface area is 137 Å². The van der Waals surface area contributed by atoms with Crippen molar-refractivity contribution >= 4 is 28.0 Å². The van der Waals surface area contributed by atoms with Gasteiger partial charge in [-0.25, -0.2) is 0 Å². The molecule has 0 radical (unpaired) electrons. The highest BCUT2D eigenvalue weighted by atomic mass is 16.6. The molecule has 2 aromatic carbocycles. The van der Waals surface area contributed by atoms with Gasteiger partial charge in [-0.15, -0.1) is 6.42 Å². The monoisotopic (exact) mass is 314 g/mol. The van der Waals surface area contributed by atoms with Crippen molar-refractivity contribution in [2.45, 2.75) is 0 Å². The first-order valence-corrected chi connectivity index (χ1v) is 6.93. The third-order valence-electron chi connectivity index (χ3n) is 3.48. The summed E-state index contributed by atoms with van der Waals surface area (Å²) < 4.78 is 0. The van der Waals surface area contributed by atoms with Gasteiger partial charge in [-0.1, -0.05) is 12.0 Å². The number of aromatic nitrogens is 1. The molecule has 1 aromatic heterocycles. The second kappa shape index (κ2) is 6.07. The molecular formula is C18H10N4O2. The number of nitro groups is 1. The predicted molar refractivity (Wildman–Crippen MR) is 90.8 cm³/mol. The molecule has 0 atom stereocenters. The molecule has 0 aliphatic rings. The van der Waals surface area contributed by atoms with Crippen LogP contribution < -0.4 is 5.32 Å². The minimum absolute atomic E-state index is 0.0696. The van der Waals surface area contributed by atoms with E-state index in [0.717, 1.165) is 0 Å². The largest absolute Gasteiger partial charge is 0.354 e. The predicted octanol–water partition coefficient (Wildman–Crippen LogP) is 3.74. The van der Waals surface area contributed by atoms with Crippen LogP contribution in [-0.4, -0.2) is 9.91 Å². The number of rotatable bonds is 3. The lowest BCUT2D eigenvalue weighted by Gasteiger charge is -2.11. The second-order valence-corrected chi connectivity index (χ2v) is 4.97. The molecule has 0 aliphatic carbocycles. The van der Waals surface area contributed by atoms with Gasteiger partial charge in [0.25, 0.3) is 5.69 Å². The summed E-state index contributed by atoms with van der Waals surface area (Å²) in [5.74, 6) is 2.54. The number of nitro benzene ring substituents is 1. The summed E-state index contributed by atoms with van der Waals surface area (Å²) in [6, 6.07) is 13.5. The van der Waals surface area contributed by atoms with Gasteiger partial charge in [-0.2, -0.15) is 5.26 Å². The summed E-state index contributed by atoms with van der Waals surface area (Å²) in [6.07, 6.45) is 6.83. The van der Waals surface area contributed by atoms with Gasteiger partial charge in [-0.05, 0) is 24.3 Å². The zero-order chi connectivity index (χ0) is 17.1. The lowest BCUT2D eigenvalue weighted by molar-refractivity contribution is -0.384. The van der Waals surface area contributed by atoms with E-state index in [1.54, 1.807) is 30.3 Å². The van der Waals surface area contributed by atoms with Gasteiger partial charge in [0.15, 0.2) is 0 Å². The van der Waals surface area contributed by atoms with Crippen molar-refractivity contribution in [1.29, 1.82) is 5.26 Å². The third kappa shape index (κ3) is 2.72. The quantitative estimate of drug-likeness (QED) is 0.451. The zero-order valence-electron chi connectivity index (χ0n) is 12.4. The Hall–Kier alpha value is -3.90. The van der Waals surface area contributed by atoms with Crippen LogP contribution in [0.1, 0.15) is 11.1 Å². The fourth-order valence-electron chi connectivity index (χ4n) is 2.34. The van der Waals surface area contributed by atoms with Crippen molar-refractivity contribution in [3.8, 4) is 18.4 Å². The summed E-state index contributed by atoms with van der Waals surface area (Å²) >= 11 is 0. The first-order valence-electron chi connectivity index (χ1n) is 6.93. The Morgan fingerprint density at radius 1 is 1.25 bits per heavy atom. The molecule has 1 N–H and O–H groups in total. The fraction of sp³-hybridized carbons (Fsp3) is 0. The topological polar surface area (TPSA) is 91.8 Å². The van der Waals surface area contributed by atoms with Crippen LogP contribution in [0.15, 0.2) is 48.7 Å². The van der Waals surface area contributed by atoms with Crippen molar-refractivity contribution < 1.29 is 4.92 Å². The summed E-state index contributed by atoms with van der Waals surface area (Å²) in [6.45, 7) is 0. The van der Waals surface area contributed by atoms with Crippen molar-refractivity contribution in [2.24, 2.45) is 0 Å². The average molecular weight is 314 g/mol. The van der Waals surface area contributed by atoms with Crippen LogP contribution in [0.2, 0.25) is 0 Å². The molecular weight excluding hydrogens is 304 g/mol. The van der Waals surface area contributed by atoms with Crippen molar-refractivity contribution in [3.63, 3.8) is 0 Å². The number of hydrogen-bond acceptors (Lipinski definition) is 5. The smallest absolute Gasteiger partial charge is 0.270 e. The number of hydrogen-bond donors (Lipinski definition) is 1. The molecule has 6 nitrogen and oxygen atoms in total. The van der Waals surface area contributed by atoms with Crippen molar-refractivity contribution in [1.82, 2.24) is 4.98 Å². The molecule has 0 saturated heterocycles. The highest BCUT2D eigenvalue weighted by molar-refractivity contribution is 5.97. The molecule has 0 saturated carbocycles. The van der Waals surface area contributed by atoms with E-state index in [-0.39, 0.29) is 11.3 Å². The maximum atomic E-state index is 11.0. The summed E-state index contributed by atoms with van der Waals surface area (Å²) in [5.41, 5.74) is 2.59. The lowest BCUT2D eigenvalue weighted by atomic mass is 10.1. The number of pyridine rings is 1. The van der Waals surface area contributed by atoms with E-state index in [9.17, 15) is 15.4 Å². The number of fused-ring (bicyclic) bond motifs is 1. The molecule has 3 rings (SSSR count). The van der Waals surface area contributed by atoms with Crippen LogP contribution in [0, 0.1) is 33.8 Å². The van der Waals surface area contributed by atoms with E-state index in [1.807, 2.05) is 0 Å². The molecule has 0 fully saturated rings. The number of nitriles is 1. The van der Waals surface area contributed by atoms with Crippen LogP contribution in [0.4, 0.5) is 17.1 Å². The SMILES string of the molecule is C#Cc1cccc(Nc2c(C#N)cnc3ccc([N+](=O)[O-])cc23)c1. The second-order valence-electron chi connectivity index (χ2n) is 4.97. The van der Waals surface area contributed by atoms with Crippen LogP contribution >= 0.6 is 0 Å². The maximum Gasteiger partial charge on any atom is 0.270 e. The van der Waals surface area contributed by atoms with Crippen LogP contribution in [0.5, 0.6) is 0 Å².